The minimum atomic E-state index is -0.114. The first-order chi connectivity index (χ1) is 11.6. The summed E-state index contributed by atoms with van der Waals surface area (Å²) in [4.78, 5) is 12.1. The summed E-state index contributed by atoms with van der Waals surface area (Å²) >= 11 is 6.25. The molecular weight excluding hydrogens is 330 g/mol. The summed E-state index contributed by atoms with van der Waals surface area (Å²) in [5.41, 5.74) is 2.64. The number of carbonyl (C=O) groups is 1. The van der Waals surface area contributed by atoms with Gasteiger partial charge in [0.15, 0.2) is 11.5 Å². The molecule has 0 fully saturated rings. The standard InChI is InChI=1S/C18H18ClNO4/c1-22-15-5-4-10(6-13(15)19)11-8-18(21)20-14-9-17(24-3)16(23-2)7-12(11)14/h4-7,9,11H,8H2,1-3H3,(H,20,21)/t11-/m0/s1. The first-order valence-corrected chi connectivity index (χ1v) is 7.84. The van der Waals surface area contributed by atoms with Gasteiger partial charge in [-0.2, -0.15) is 0 Å². The Morgan fingerprint density at radius 1 is 1.00 bits per heavy atom. The van der Waals surface area contributed by atoms with Crippen LogP contribution in [0.5, 0.6) is 17.2 Å². The summed E-state index contributed by atoms with van der Waals surface area (Å²) in [6.45, 7) is 0. The van der Waals surface area contributed by atoms with Crippen LogP contribution in [0.25, 0.3) is 0 Å². The molecule has 3 rings (SSSR count). The minimum absolute atomic E-state index is 0.0494. The van der Waals surface area contributed by atoms with Gasteiger partial charge >= 0.3 is 0 Å². The normalized spacial score (nSPS) is 16.2. The fourth-order valence-electron chi connectivity index (χ4n) is 2.98. The van der Waals surface area contributed by atoms with E-state index in [1.807, 2.05) is 24.3 Å². The van der Waals surface area contributed by atoms with Gasteiger partial charge in [0.1, 0.15) is 5.75 Å². The molecule has 0 unspecified atom stereocenters. The molecule has 0 saturated heterocycles. The van der Waals surface area contributed by atoms with Gasteiger partial charge in [0.25, 0.3) is 0 Å². The SMILES string of the molecule is COc1ccc([C@@H]2CC(=O)Nc3cc(OC)c(OC)cc32)cc1Cl. The average molecular weight is 348 g/mol. The highest BCUT2D eigenvalue weighted by atomic mass is 35.5. The Hall–Kier alpha value is -2.40. The summed E-state index contributed by atoms with van der Waals surface area (Å²) in [7, 11) is 4.72. The van der Waals surface area contributed by atoms with Crippen LogP contribution < -0.4 is 19.5 Å². The summed E-state index contributed by atoms with van der Waals surface area (Å²) in [6, 6.07) is 9.25. The molecule has 0 spiro atoms. The van der Waals surface area contributed by atoms with Crippen LogP contribution in [0.4, 0.5) is 5.69 Å². The number of ether oxygens (including phenoxy) is 3. The van der Waals surface area contributed by atoms with E-state index in [0.29, 0.717) is 28.7 Å². The molecule has 0 radical (unpaired) electrons. The Labute approximate surface area is 145 Å². The number of rotatable bonds is 4. The van der Waals surface area contributed by atoms with Crippen molar-refractivity contribution in [3.05, 3.63) is 46.5 Å². The first-order valence-electron chi connectivity index (χ1n) is 7.46. The number of carbonyl (C=O) groups excluding carboxylic acids is 1. The Morgan fingerprint density at radius 3 is 2.29 bits per heavy atom. The van der Waals surface area contributed by atoms with Crippen LogP contribution in [0.2, 0.25) is 5.02 Å². The van der Waals surface area contributed by atoms with Gasteiger partial charge in [-0.25, -0.2) is 0 Å². The lowest BCUT2D eigenvalue weighted by Crippen LogP contribution is -2.23. The van der Waals surface area contributed by atoms with Crippen molar-refractivity contribution in [2.24, 2.45) is 0 Å². The highest BCUT2D eigenvalue weighted by Gasteiger charge is 2.28. The Morgan fingerprint density at radius 2 is 1.67 bits per heavy atom. The molecular formula is C18H18ClNO4. The molecule has 1 amide bonds. The zero-order chi connectivity index (χ0) is 17.3. The van der Waals surface area contributed by atoms with Crippen molar-refractivity contribution in [3.63, 3.8) is 0 Å². The molecule has 1 aliphatic rings. The maximum Gasteiger partial charge on any atom is 0.225 e. The number of methoxy groups -OCH3 is 3. The van der Waals surface area contributed by atoms with Gasteiger partial charge in [-0.3, -0.25) is 4.79 Å². The van der Waals surface area contributed by atoms with Gasteiger partial charge < -0.3 is 19.5 Å². The topological polar surface area (TPSA) is 56.8 Å². The van der Waals surface area contributed by atoms with Crippen LogP contribution in [-0.4, -0.2) is 27.2 Å². The van der Waals surface area contributed by atoms with Crippen molar-refractivity contribution in [1.29, 1.82) is 0 Å². The summed E-state index contributed by atoms with van der Waals surface area (Å²) in [5.74, 6) is 1.64. The zero-order valence-corrected chi connectivity index (χ0v) is 14.4. The largest absolute Gasteiger partial charge is 0.495 e. The fourth-order valence-corrected chi connectivity index (χ4v) is 3.25. The summed E-state index contributed by atoms with van der Waals surface area (Å²) in [6.07, 6.45) is 0.338. The third kappa shape index (κ3) is 2.87. The van der Waals surface area contributed by atoms with Crippen LogP contribution in [0.3, 0.4) is 0 Å². The molecule has 1 heterocycles. The second-order valence-electron chi connectivity index (χ2n) is 5.49. The Kier molecular flexibility index (Phi) is 4.53. The van der Waals surface area contributed by atoms with E-state index in [0.717, 1.165) is 16.8 Å². The van der Waals surface area contributed by atoms with E-state index >= 15 is 0 Å². The molecule has 126 valence electrons. The molecule has 24 heavy (non-hydrogen) atoms. The van der Waals surface area contributed by atoms with E-state index < -0.39 is 0 Å². The molecule has 0 saturated carbocycles. The van der Waals surface area contributed by atoms with E-state index in [2.05, 4.69) is 5.32 Å². The van der Waals surface area contributed by atoms with Crippen molar-refractivity contribution in [2.45, 2.75) is 12.3 Å². The van der Waals surface area contributed by atoms with Crippen molar-refractivity contribution < 1.29 is 19.0 Å². The maximum absolute atomic E-state index is 12.1. The minimum Gasteiger partial charge on any atom is -0.495 e. The number of benzene rings is 2. The lowest BCUT2D eigenvalue weighted by molar-refractivity contribution is -0.116. The zero-order valence-electron chi connectivity index (χ0n) is 13.7. The molecule has 0 aliphatic carbocycles. The van der Waals surface area contributed by atoms with Gasteiger partial charge in [-0.15, -0.1) is 0 Å². The molecule has 0 bridgehead atoms. The quantitative estimate of drug-likeness (QED) is 0.913. The Bertz CT molecular complexity index is 791. The number of hydrogen-bond donors (Lipinski definition) is 1. The molecule has 2 aromatic carbocycles. The van der Waals surface area contributed by atoms with Crippen LogP contribution in [0, 0.1) is 0 Å². The van der Waals surface area contributed by atoms with Gasteiger partial charge in [0.2, 0.25) is 5.91 Å². The van der Waals surface area contributed by atoms with Crippen molar-refractivity contribution >= 4 is 23.2 Å². The third-order valence-electron chi connectivity index (χ3n) is 4.17. The highest BCUT2D eigenvalue weighted by Crippen LogP contribution is 2.44. The fraction of sp³-hybridized carbons (Fsp3) is 0.278. The first kappa shape index (κ1) is 16.5. The van der Waals surface area contributed by atoms with Crippen LogP contribution >= 0.6 is 11.6 Å². The molecule has 1 N–H and O–H groups in total. The van der Waals surface area contributed by atoms with Gasteiger partial charge in [0.05, 0.1) is 26.4 Å². The average Bonchev–Trinajstić information content (AvgIpc) is 2.59. The van der Waals surface area contributed by atoms with Crippen LogP contribution in [-0.2, 0) is 4.79 Å². The number of nitrogens with one attached hydrogen (secondary N) is 1. The van der Waals surface area contributed by atoms with Crippen molar-refractivity contribution in [3.8, 4) is 17.2 Å². The van der Waals surface area contributed by atoms with E-state index in [-0.39, 0.29) is 11.8 Å². The van der Waals surface area contributed by atoms with Crippen LogP contribution in [0.15, 0.2) is 30.3 Å². The number of amides is 1. The van der Waals surface area contributed by atoms with Gasteiger partial charge in [-0.05, 0) is 29.3 Å². The monoisotopic (exact) mass is 347 g/mol. The molecule has 1 atom stereocenters. The maximum atomic E-state index is 12.1. The molecule has 0 aromatic heterocycles. The lowest BCUT2D eigenvalue weighted by Gasteiger charge is -2.27. The van der Waals surface area contributed by atoms with Gasteiger partial charge in [-0.1, -0.05) is 17.7 Å². The molecule has 2 aromatic rings. The van der Waals surface area contributed by atoms with E-state index in [1.165, 1.54) is 0 Å². The number of hydrogen-bond acceptors (Lipinski definition) is 4. The number of anilines is 1. The third-order valence-corrected chi connectivity index (χ3v) is 4.47. The van der Waals surface area contributed by atoms with Crippen LogP contribution in [0.1, 0.15) is 23.5 Å². The molecule has 6 heteroatoms. The number of halogens is 1. The summed E-state index contributed by atoms with van der Waals surface area (Å²) < 4.78 is 15.9. The second kappa shape index (κ2) is 6.61. The smallest absolute Gasteiger partial charge is 0.225 e. The van der Waals surface area contributed by atoms with E-state index in [1.54, 1.807) is 27.4 Å². The summed E-state index contributed by atoms with van der Waals surface area (Å²) in [5, 5.41) is 3.41. The molecule has 5 nitrogen and oxygen atoms in total. The molecule has 1 aliphatic heterocycles. The predicted octanol–water partition coefficient (Wildman–Crippen LogP) is 3.84. The second-order valence-corrected chi connectivity index (χ2v) is 5.90. The predicted molar refractivity (Wildman–Crippen MR) is 92.6 cm³/mol. The van der Waals surface area contributed by atoms with Gasteiger partial charge in [0, 0.05) is 24.1 Å². The van der Waals surface area contributed by atoms with E-state index in [9.17, 15) is 4.79 Å². The lowest BCUT2D eigenvalue weighted by atomic mass is 9.84. The highest BCUT2D eigenvalue weighted by molar-refractivity contribution is 6.32. The van der Waals surface area contributed by atoms with E-state index in [4.69, 9.17) is 25.8 Å². The van der Waals surface area contributed by atoms with Crippen molar-refractivity contribution in [2.75, 3.05) is 26.6 Å². The Balaban J connectivity index is 2.11. The number of fused-ring (bicyclic) bond motifs is 1. The van der Waals surface area contributed by atoms with Crippen molar-refractivity contribution in [1.82, 2.24) is 0 Å².